The summed E-state index contributed by atoms with van der Waals surface area (Å²) in [6.07, 6.45) is 27.9. The lowest BCUT2D eigenvalue weighted by Crippen LogP contribution is -2.25. The molecule has 0 amide bonds. The molecule has 0 aliphatic carbocycles. The third-order valence-electron chi connectivity index (χ3n) is 9.38. The molecule has 0 aromatic rings. The summed E-state index contributed by atoms with van der Waals surface area (Å²) in [5, 5.41) is 0. The molecule has 1 saturated heterocycles. The van der Waals surface area contributed by atoms with Crippen molar-refractivity contribution in [1.82, 2.24) is 0 Å². The van der Waals surface area contributed by atoms with Crippen LogP contribution in [0.4, 0.5) is 0 Å². The molecular formula is C40H74O7. The number of rotatable bonds is 33. The summed E-state index contributed by atoms with van der Waals surface area (Å²) in [5.74, 6) is -0.406. The third kappa shape index (κ3) is 26.9. The van der Waals surface area contributed by atoms with E-state index in [1.165, 1.54) is 70.6 Å². The first-order valence-electron chi connectivity index (χ1n) is 20.1. The number of esters is 3. The Balaban J connectivity index is 2.61. The molecule has 7 heteroatoms. The maximum Gasteiger partial charge on any atom is 0.306 e. The van der Waals surface area contributed by atoms with Crippen molar-refractivity contribution in [1.29, 1.82) is 0 Å². The molecule has 0 radical (unpaired) electrons. The normalized spacial score (nSPS) is 15.8. The van der Waals surface area contributed by atoms with Crippen LogP contribution >= 0.6 is 0 Å². The molecule has 3 atom stereocenters. The molecule has 1 heterocycles. The second-order valence-corrected chi connectivity index (χ2v) is 13.9. The van der Waals surface area contributed by atoms with E-state index in [9.17, 15) is 14.4 Å². The summed E-state index contributed by atoms with van der Waals surface area (Å²) in [7, 11) is 0. The van der Waals surface area contributed by atoms with Crippen molar-refractivity contribution in [3.8, 4) is 0 Å². The first kappa shape index (κ1) is 43.4. The zero-order valence-electron chi connectivity index (χ0n) is 31.0. The Hall–Kier alpha value is -1.63. The molecule has 0 spiro atoms. The van der Waals surface area contributed by atoms with E-state index < -0.39 is 0 Å². The van der Waals surface area contributed by atoms with Gasteiger partial charge in [0, 0.05) is 25.9 Å². The number of carbonyl (C=O) groups is 3. The Labute approximate surface area is 289 Å². The highest BCUT2D eigenvalue weighted by Gasteiger charge is 2.23. The van der Waals surface area contributed by atoms with Gasteiger partial charge in [-0.3, -0.25) is 14.4 Å². The maximum absolute atomic E-state index is 12.8. The quantitative estimate of drug-likeness (QED) is 0.0391. The number of hydrogen-bond acceptors (Lipinski definition) is 7. The number of ether oxygens (including phenoxy) is 4. The van der Waals surface area contributed by atoms with Crippen molar-refractivity contribution in [3.63, 3.8) is 0 Å². The van der Waals surface area contributed by atoms with Crippen molar-refractivity contribution in [2.24, 2.45) is 0 Å². The van der Waals surface area contributed by atoms with Gasteiger partial charge < -0.3 is 18.9 Å². The number of hydrogen-bond donors (Lipinski definition) is 0. The summed E-state index contributed by atoms with van der Waals surface area (Å²) >= 11 is 0. The molecule has 0 saturated carbocycles. The van der Waals surface area contributed by atoms with E-state index in [-0.39, 0.29) is 36.2 Å². The van der Waals surface area contributed by atoms with E-state index in [2.05, 4.69) is 20.8 Å². The summed E-state index contributed by atoms with van der Waals surface area (Å²) in [6, 6.07) is 0. The molecule has 1 fully saturated rings. The van der Waals surface area contributed by atoms with Crippen molar-refractivity contribution in [2.45, 2.75) is 225 Å². The lowest BCUT2D eigenvalue weighted by Gasteiger charge is -2.23. The highest BCUT2D eigenvalue weighted by Crippen LogP contribution is 2.23. The van der Waals surface area contributed by atoms with Crippen molar-refractivity contribution in [3.05, 3.63) is 0 Å². The van der Waals surface area contributed by atoms with Crippen LogP contribution in [0.1, 0.15) is 207 Å². The predicted octanol–water partition coefficient (Wildman–Crippen LogP) is 11.1. The average molecular weight is 667 g/mol. The lowest BCUT2D eigenvalue weighted by atomic mass is 10.0. The van der Waals surface area contributed by atoms with Crippen molar-refractivity contribution >= 4 is 17.9 Å². The van der Waals surface area contributed by atoms with Crippen LogP contribution in [0.5, 0.6) is 0 Å². The summed E-state index contributed by atoms with van der Waals surface area (Å²) < 4.78 is 23.4. The highest BCUT2D eigenvalue weighted by atomic mass is 16.6. The van der Waals surface area contributed by atoms with Crippen LogP contribution < -0.4 is 0 Å². The zero-order chi connectivity index (χ0) is 34.2. The molecule has 276 valence electrons. The van der Waals surface area contributed by atoms with Crippen LogP contribution in [0.25, 0.3) is 0 Å². The summed E-state index contributed by atoms with van der Waals surface area (Å²) in [4.78, 5) is 37.9. The minimum Gasteiger partial charge on any atom is -0.466 e. The Morgan fingerprint density at radius 1 is 0.553 bits per heavy atom. The van der Waals surface area contributed by atoms with E-state index in [0.717, 1.165) is 77.2 Å². The Kier molecular flexibility index (Phi) is 29.2. The minimum atomic E-state index is -0.276. The molecule has 1 aliphatic heterocycles. The standard InChI is InChI=1S/C40H74O7/c1-4-7-10-13-16-19-26-38(41)45-34-23-25-36(46-39(42)27-20-17-14-11-8-5-2)31-32-37(30-29-35-24-22-33-44-35)47-40(43)28-21-18-15-12-9-6-3/h35-37H,4-34H2,1-3H3/t35-,36-,37-/m0/s1. The fraction of sp³-hybridized carbons (Fsp3) is 0.925. The smallest absolute Gasteiger partial charge is 0.306 e. The van der Waals surface area contributed by atoms with Crippen LogP contribution in [0.2, 0.25) is 0 Å². The number of unbranched alkanes of at least 4 members (excludes halogenated alkanes) is 15. The first-order valence-corrected chi connectivity index (χ1v) is 20.1. The average Bonchev–Trinajstić information content (AvgIpc) is 3.59. The third-order valence-corrected chi connectivity index (χ3v) is 9.38. The highest BCUT2D eigenvalue weighted by molar-refractivity contribution is 5.70. The van der Waals surface area contributed by atoms with Crippen molar-refractivity contribution in [2.75, 3.05) is 13.2 Å². The van der Waals surface area contributed by atoms with Gasteiger partial charge in [0.1, 0.15) is 12.2 Å². The second-order valence-electron chi connectivity index (χ2n) is 13.9. The Morgan fingerprint density at radius 2 is 1.00 bits per heavy atom. The molecule has 1 aliphatic rings. The van der Waals surface area contributed by atoms with Gasteiger partial charge in [-0.2, -0.15) is 0 Å². The minimum absolute atomic E-state index is 0.119. The summed E-state index contributed by atoms with van der Waals surface area (Å²) in [6.45, 7) is 7.78. The Bertz CT molecular complexity index is 749. The van der Waals surface area contributed by atoms with Crippen LogP contribution in [0.15, 0.2) is 0 Å². The zero-order valence-corrected chi connectivity index (χ0v) is 31.0. The van der Waals surface area contributed by atoms with Gasteiger partial charge in [-0.05, 0) is 70.6 Å². The fourth-order valence-electron chi connectivity index (χ4n) is 6.35. The monoisotopic (exact) mass is 667 g/mol. The SMILES string of the molecule is CCCCCCCCC(=O)OCCC[C@@H](CC[C@H](CC[C@@H]1CCCO1)OC(=O)CCCCCCCC)OC(=O)CCCCCCCC. The van der Waals surface area contributed by atoms with Gasteiger partial charge in [0.15, 0.2) is 0 Å². The molecule has 47 heavy (non-hydrogen) atoms. The van der Waals surface area contributed by atoms with E-state index in [1.54, 1.807) is 0 Å². The maximum atomic E-state index is 12.8. The van der Waals surface area contributed by atoms with Gasteiger partial charge in [0.2, 0.25) is 0 Å². The predicted molar refractivity (Wildman–Crippen MR) is 191 cm³/mol. The molecule has 7 nitrogen and oxygen atoms in total. The molecule has 0 N–H and O–H groups in total. The van der Waals surface area contributed by atoms with Crippen LogP contribution in [0, 0.1) is 0 Å². The van der Waals surface area contributed by atoms with Gasteiger partial charge in [0.25, 0.3) is 0 Å². The molecule has 0 bridgehead atoms. The van der Waals surface area contributed by atoms with E-state index in [4.69, 9.17) is 18.9 Å². The van der Waals surface area contributed by atoms with Crippen LogP contribution in [0.3, 0.4) is 0 Å². The first-order chi connectivity index (χ1) is 23.0. The van der Waals surface area contributed by atoms with E-state index in [0.29, 0.717) is 51.6 Å². The van der Waals surface area contributed by atoms with Crippen LogP contribution in [-0.4, -0.2) is 49.4 Å². The second kappa shape index (κ2) is 31.6. The molecule has 1 rings (SSSR count). The van der Waals surface area contributed by atoms with E-state index in [1.807, 2.05) is 0 Å². The summed E-state index contributed by atoms with van der Waals surface area (Å²) in [5.41, 5.74) is 0. The molecule has 0 aromatic carbocycles. The number of carbonyl (C=O) groups excluding carboxylic acids is 3. The fourth-order valence-corrected chi connectivity index (χ4v) is 6.35. The molecule has 0 unspecified atom stereocenters. The van der Waals surface area contributed by atoms with Gasteiger partial charge in [-0.1, -0.05) is 117 Å². The topological polar surface area (TPSA) is 88.1 Å². The lowest BCUT2D eigenvalue weighted by molar-refractivity contribution is -0.154. The van der Waals surface area contributed by atoms with Gasteiger partial charge >= 0.3 is 17.9 Å². The van der Waals surface area contributed by atoms with Crippen LogP contribution in [-0.2, 0) is 33.3 Å². The van der Waals surface area contributed by atoms with Gasteiger partial charge in [0.05, 0.1) is 12.7 Å². The molecule has 0 aromatic heterocycles. The van der Waals surface area contributed by atoms with Gasteiger partial charge in [-0.15, -0.1) is 0 Å². The van der Waals surface area contributed by atoms with Crippen molar-refractivity contribution < 1.29 is 33.3 Å². The Morgan fingerprint density at radius 3 is 1.47 bits per heavy atom. The van der Waals surface area contributed by atoms with E-state index >= 15 is 0 Å². The van der Waals surface area contributed by atoms with Gasteiger partial charge in [-0.25, -0.2) is 0 Å². The largest absolute Gasteiger partial charge is 0.466 e. The molecular weight excluding hydrogens is 592 g/mol.